The van der Waals surface area contributed by atoms with Gasteiger partial charge in [-0.25, -0.2) is 4.79 Å². The smallest absolute Gasteiger partial charge is 0.317 e. The Kier molecular flexibility index (Phi) is 7.91. The zero-order chi connectivity index (χ0) is 18.9. The van der Waals surface area contributed by atoms with Gasteiger partial charge < -0.3 is 20.2 Å². The molecule has 26 heavy (non-hydrogen) atoms. The molecule has 0 aromatic heterocycles. The molecule has 0 spiro atoms. The number of carbonyl (C=O) groups is 2. The molecule has 1 saturated heterocycles. The Bertz CT molecular complexity index is 569. The standard InChI is InChI=1S/C20H31N3O3/c1-22(2)19(25)10-13-21-20(26)23-14-11-17(12-15-23)18(24)9-8-16-6-4-3-5-7-16/h3-7,17-18,24H,8-15H2,1-2H3,(H,21,26)/t18-/m0/s1. The highest BCUT2D eigenvalue weighted by atomic mass is 16.3. The lowest BCUT2D eigenvalue weighted by Crippen LogP contribution is -2.46. The first-order valence-corrected chi connectivity index (χ1v) is 9.42. The van der Waals surface area contributed by atoms with Crippen molar-refractivity contribution in [2.24, 2.45) is 5.92 Å². The molecule has 1 aromatic rings. The Morgan fingerprint density at radius 2 is 1.88 bits per heavy atom. The predicted molar refractivity (Wildman–Crippen MR) is 102 cm³/mol. The van der Waals surface area contributed by atoms with Crippen LogP contribution in [0.1, 0.15) is 31.2 Å². The van der Waals surface area contributed by atoms with E-state index in [1.54, 1.807) is 19.0 Å². The van der Waals surface area contributed by atoms with E-state index in [-0.39, 0.29) is 24.0 Å². The fourth-order valence-corrected chi connectivity index (χ4v) is 3.29. The molecule has 0 aliphatic carbocycles. The number of nitrogens with zero attached hydrogens (tertiary/aromatic N) is 2. The van der Waals surface area contributed by atoms with Crippen molar-refractivity contribution in [1.29, 1.82) is 0 Å². The molecular weight excluding hydrogens is 330 g/mol. The minimum atomic E-state index is -0.321. The molecule has 0 bridgehead atoms. The summed E-state index contributed by atoms with van der Waals surface area (Å²) in [5.74, 6) is 0.253. The molecule has 2 rings (SSSR count). The SMILES string of the molecule is CN(C)C(=O)CCNC(=O)N1CCC([C@@H](O)CCc2ccccc2)CC1. The number of aliphatic hydroxyl groups is 1. The van der Waals surface area contributed by atoms with Crippen LogP contribution in [-0.2, 0) is 11.2 Å². The number of nitrogens with one attached hydrogen (secondary N) is 1. The quantitative estimate of drug-likeness (QED) is 0.779. The lowest BCUT2D eigenvalue weighted by Gasteiger charge is -2.34. The van der Waals surface area contributed by atoms with Crippen molar-refractivity contribution in [3.63, 3.8) is 0 Å². The summed E-state index contributed by atoms with van der Waals surface area (Å²) in [6, 6.07) is 10.1. The Balaban J connectivity index is 1.66. The Morgan fingerprint density at radius 1 is 1.23 bits per heavy atom. The highest BCUT2D eigenvalue weighted by molar-refractivity contribution is 5.78. The molecule has 1 heterocycles. The maximum absolute atomic E-state index is 12.2. The molecule has 1 aliphatic rings. The second kappa shape index (κ2) is 10.2. The molecule has 3 amide bonds. The first kappa shape index (κ1) is 20.2. The summed E-state index contributed by atoms with van der Waals surface area (Å²) in [5, 5.41) is 13.3. The summed E-state index contributed by atoms with van der Waals surface area (Å²) in [5.41, 5.74) is 1.25. The van der Waals surface area contributed by atoms with Crippen LogP contribution in [0.5, 0.6) is 0 Å². The Labute approximate surface area is 156 Å². The molecule has 0 unspecified atom stereocenters. The van der Waals surface area contributed by atoms with E-state index < -0.39 is 0 Å². The number of urea groups is 1. The van der Waals surface area contributed by atoms with Crippen molar-refractivity contribution in [2.45, 2.75) is 38.2 Å². The van der Waals surface area contributed by atoms with Crippen LogP contribution in [0.15, 0.2) is 30.3 Å². The van der Waals surface area contributed by atoms with Gasteiger partial charge in [-0.05, 0) is 37.2 Å². The van der Waals surface area contributed by atoms with Gasteiger partial charge >= 0.3 is 6.03 Å². The lowest BCUT2D eigenvalue weighted by atomic mass is 9.88. The van der Waals surface area contributed by atoms with E-state index >= 15 is 0 Å². The molecule has 6 nitrogen and oxygen atoms in total. The van der Waals surface area contributed by atoms with E-state index in [1.165, 1.54) is 10.5 Å². The lowest BCUT2D eigenvalue weighted by molar-refractivity contribution is -0.128. The minimum absolute atomic E-state index is 0.00514. The van der Waals surface area contributed by atoms with Gasteiger partial charge in [0.1, 0.15) is 0 Å². The number of amides is 3. The van der Waals surface area contributed by atoms with Gasteiger partial charge in [-0.1, -0.05) is 30.3 Å². The van der Waals surface area contributed by atoms with Crippen LogP contribution in [0.25, 0.3) is 0 Å². The van der Waals surface area contributed by atoms with Gasteiger partial charge in [-0.2, -0.15) is 0 Å². The number of aryl methyl sites for hydroxylation is 1. The van der Waals surface area contributed by atoms with Gasteiger partial charge in [-0.3, -0.25) is 4.79 Å². The number of likely N-dealkylation sites (tertiary alicyclic amines) is 1. The van der Waals surface area contributed by atoms with E-state index in [0.717, 1.165) is 25.7 Å². The van der Waals surface area contributed by atoms with Crippen LogP contribution >= 0.6 is 0 Å². The number of rotatable bonds is 7. The third kappa shape index (κ3) is 6.33. The van der Waals surface area contributed by atoms with E-state index in [0.29, 0.717) is 26.1 Å². The summed E-state index contributed by atoms with van der Waals surface area (Å²) in [4.78, 5) is 27.0. The molecule has 2 N–H and O–H groups in total. The Hall–Kier alpha value is -2.08. The van der Waals surface area contributed by atoms with Crippen molar-refractivity contribution in [2.75, 3.05) is 33.7 Å². The molecule has 1 atom stereocenters. The zero-order valence-electron chi connectivity index (χ0n) is 15.9. The summed E-state index contributed by atoms with van der Waals surface area (Å²) in [6.45, 7) is 1.66. The summed E-state index contributed by atoms with van der Waals surface area (Å²) >= 11 is 0. The zero-order valence-corrected chi connectivity index (χ0v) is 15.9. The van der Waals surface area contributed by atoms with Gasteiger partial charge in [0, 0.05) is 40.2 Å². The first-order valence-electron chi connectivity index (χ1n) is 9.42. The molecule has 1 fully saturated rings. The maximum atomic E-state index is 12.2. The van der Waals surface area contributed by atoms with E-state index in [2.05, 4.69) is 17.4 Å². The third-order valence-electron chi connectivity index (χ3n) is 5.06. The molecule has 144 valence electrons. The van der Waals surface area contributed by atoms with Crippen LogP contribution in [0.2, 0.25) is 0 Å². The van der Waals surface area contributed by atoms with Crippen LogP contribution in [0.3, 0.4) is 0 Å². The minimum Gasteiger partial charge on any atom is -0.393 e. The fourth-order valence-electron chi connectivity index (χ4n) is 3.29. The van der Waals surface area contributed by atoms with Crippen LogP contribution < -0.4 is 5.32 Å². The average molecular weight is 361 g/mol. The van der Waals surface area contributed by atoms with Gasteiger partial charge in [-0.15, -0.1) is 0 Å². The summed E-state index contributed by atoms with van der Waals surface area (Å²) < 4.78 is 0. The van der Waals surface area contributed by atoms with Gasteiger partial charge in [0.05, 0.1) is 6.10 Å². The average Bonchev–Trinajstić information content (AvgIpc) is 2.66. The number of aliphatic hydroxyl groups excluding tert-OH is 1. The maximum Gasteiger partial charge on any atom is 0.317 e. The van der Waals surface area contributed by atoms with Crippen LogP contribution in [0.4, 0.5) is 4.79 Å². The highest BCUT2D eigenvalue weighted by Gasteiger charge is 2.27. The van der Waals surface area contributed by atoms with Crippen molar-refractivity contribution in [3.05, 3.63) is 35.9 Å². The van der Waals surface area contributed by atoms with E-state index in [9.17, 15) is 14.7 Å². The molecule has 6 heteroatoms. The number of carbonyl (C=O) groups excluding carboxylic acids is 2. The molecule has 0 radical (unpaired) electrons. The van der Waals surface area contributed by atoms with Crippen LogP contribution in [0, 0.1) is 5.92 Å². The van der Waals surface area contributed by atoms with Crippen molar-refractivity contribution < 1.29 is 14.7 Å². The largest absolute Gasteiger partial charge is 0.393 e. The normalized spacial score (nSPS) is 16.2. The predicted octanol–water partition coefficient (Wildman–Crippen LogP) is 1.88. The number of hydrogen-bond acceptors (Lipinski definition) is 3. The fraction of sp³-hybridized carbons (Fsp3) is 0.600. The second-order valence-corrected chi connectivity index (χ2v) is 7.19. The van der Waals surface area contributed by atoms with Gasteiger partial charge in [0.2, 0.25) is 5.91 Å². The van der Waals surface area contributed by atoms with Crippen LogP contribution in [-0.4, -0.2) is 66.7 Å². The highest BCUT2D eigenvalue weighted by Crippen LogP contribution is 2.23. The molecule has 1 aliphatic heterocycles. The monoisotopic (exact) mass is 361 g/mol. The van der Waals surface area contributed by atoms with E-state index in [1.807, 2.05) is 18.2 Å². The first-order chi connectivity index (χ1) is 12.5. The number of benzene rings is 1. The van der Waals surface area contributed by atoms with Crippen molar-refractivity contribution in [1.82, 2.24) is 15.1 Å². The number of piperidine rings is 1. The summed E-state index contributed by atoms with van der Waals surface area (Å²) in [6.07, 6.45) is 3.27. The van der Waals surface area contributed by atoms with Crippen molar-refractivity contribution in [3.8, 4) is 0 Å². The second-order valence-electron chi connectivity index (χ2n) is 7.19. The topological polar surface area (TPSA) is 72.9 Å². The summed E-state index contributed by atoms with van der Waals surface area (Å²) in [7, 11) is 3.41. The van der Waals surface area contributed by atoms with Gasteiger partial charge in [0.25, 0.3) is 0 Å². The Morgan fingerprint density at radius 3 is 2.50 bits per heavy atom. The van der Waals surface area contributed by atoms with Gasteiger partial charge in [0.15, 0.2) is 0 Å². The number of hydrogen-bond donors (Lipinski definition) is 2. The third-order valence-corrected chi connectivity index (χ3v) is 5.06. The van der Waals surface area contributed by atoms with E-state index in [4.69, 9.17) is 0 Å². The molecular formula is C20H31N3O3. The van der Waals surface area contributed by atoms with Crippen molar-refractivity contribution >= 4 is 11.9 Å². The molecule has 0 saturated carbocycles. The molecule has 1 aromatic carbocycles.